The van der Waals surface area contributed by atoms with Gasteiger partial charge in [-0.1, -0.05) is 271 Å². The molecule has 0 bridgehead atoms. The number of aromatic nitrogens is 1. The van der Waals surface area contributed by atoms with E-state index in [1.807, 2.05) is 0 Å². The molecule has 13 rings (SSSR count). The van der Waals surface area contributed by atoms with Crippen molar-refractivity contribution in [3.63, 3.8) is 0 Å². The lowest BCUT2D eigenvalue weighted by atomic mass is 9.84. The van der Waals surface area contributed by atoms with Crippen LogP contribution in [0.5, 0.6) is 0 Å². The SMILES string of the molecule is CCCCCCCCC(CCCCCCCC)n1c2cc(-c3cc4c5c6c(ccc7c6c(c4s3)C(=O)N(CCCCCCCC)C7=O)C(=O)N(CCCCCCCC)C5=O)ccc2c2ccc(-c3cc4c5c6c(ccc7c6c(c4s3)C(=O)N(CCCCCCCC)C7=O)C(=O)N(CCCCCCCC)C5=O)cc21. The quantitative estimate of drug-likeness (QED) is 0.0270. The summed E-state index contributed by atoms with van der Waals surface area (Å²) in [6, 6.07) is 24.6. The van der Waals surface area contributed by atoms with Gasteiger partial charge in [0.25, 0.3) is 47.3 Å². The molecule has 0 spiro atoms. The molecular weight excluding hydrogens is 1380 g/mol. The Morgan fingerprint density at radius 2 is 0.528 bits per heavy atom. The molecule has 0 aliphatic carbocycles. The Kier molecular flexibility index (Phi) is 26.3. The summed E-state index contributed by atoms with van der Waals surface area (Å²) in [7, 11) is 0. The highest BCUT2D eigenvalue weighted by Crippen LogP contribution is 2.52. The molecule has 0 saturated heterocycles. The average Bonchev–Trinajstić information content (AvgIpc) is 1.24. The number of hydrogen-bond donors (Lipinski definition) is 0. The molecule has 3 aromatic heterocycles. The van der Waals surface area contributed by atoms with Gasteiger partial charge >= 0.3 is 0 Å². The number of nitrogens with zero attached hydrogens (tertiary/aromatic N) is 5. The molecule has 15 heteroatoms. The van der Waals surface area contributed by atoms with Crippen molar-refractivity contribution in [2.24, 2.45) is 0 Å². The fourth-order valence-electron chi connectivity index (χ4n) is 18.1. The third-order valence-corrected chi connectivity index (χ3v) is 26.5. The van der Waals surface area contributed by atoms with Crippen molar-refractivity contribution >= 4 is 133 Å². The van der Waals surface area contributed by atoms with Gasteiger partial charge in [-0.3, -0.25) is 58.0 Å². The lowest BCUT2D eigenvalue weighted by molar-refractivity contribution is 0.0588. The number of benzene rings is 6. The molecule has 9 aromatic rings. The molecule has 0 radical (unpaired) electrons. The summed E-state index contributed by atoms with van der Waals surface area (Å²) >= 11 is 2.98. The summed E-state index contributed by atoms with van der Waals surface area (Å²) in [4.78, 5) is 129. The predicted octanol–water partition coefficient (Wildman–Crippen LogP) is 25.7. The van der Waals surface area contributed by atoms with E-state index in [1.165, 1.54) is 93.6 Å². The van der Waals surface area contributed by atoms with E-state index in [4.69, 9.17) is 0 Å². The summed E-state index contributed by atoms with van der Waals surface area (Å²) in [6.45, 7) is 14.4. The highest BCUT2D eigenvalue weighted by Gasteiger charge is 2.45. The molecular formula is C93H115N5O8S2. The van der Waals surface area contributed by atoms with Gasteiger partial charge in [-0.15, -0.1) is 22.7 Å². The number of rotatable bonds is 45. The third-order valence-electron chi connectivity index (χ3n) is 24.1. The molecule has 0 atom stereocenters. The normalized spacial score (nSPS) is 14.4. The van der Waals surface area contributed by atoms with Gasteiger partial charge in [0.05, 0.1) is 33.3 Å². The van der Waals surface area contributed by atoms with Crippen molar-refractivity contribution in [1.82, 2.24) is 24.2 Å². The lowest BCUT2D eigenvalue weighted by Gasteiger charge is -2.32. The Morgan fingerprint density at radius 1 is 0.269 bits per heavy atom. The molecule has 7 heterocycles. The first-order chi connectivity index (χ1) is 52.8. The largest absolute Gasteiger partial charge is 0.337 e. The number of thiophene rings is 2. The number of unbranched alkanes of at least 4 members (excludes halogenated alkanes) is 30. The van der Waals surface area contributed by atoms with Crippen LogP contribution in [-0.2, 0) is 0 Å². The highest BCUT2D eigenvalue weighted by molar-refractivity contribution is 7.23. The number of carbonyl (C=O) groups excluding carboxylic acids is 8. The second-order valence-electron chi connectivity index (χ2n) is 31.7. The van der Waals surface area contributed by atoms with Crippen LogP contribution in [0.3, 0.4) is 0 Å². The molecule has 4 aliphatic rings. The topological polar surface area (TPSA) is 154 Å². The molecule has 4 aliphatic heterocycles. The van der Waals surface area contributed by atoms with E-state index >= 15 is 19.2 Å². The third kappa shape index (κ3) is 15.5. The van der Waals surface area contributed by atoms with Gasteiger partial charge in [-0.2, -0.15) is 0 Å². The van der Waals surface area contributed by atoms with Gasteiger partial charge in [0, 0.05) is 117 Å². The average molecular weight is 1500 g/mol. The molecule has 0 saturated carbocycles. The summed E-state index contributed by atoms with van der Waals surface area (Å²) < 4.78 is 3.92. The molecule has 0 unspecified atom stereocenters. The molecule has 0 N–H and O–H groups in total. The van der Waals surface area contributed by atoms with Crippen molar-refractivity contribution < 1.29 is 38.4 Å². The van der Waals surface area contributed by atoms with Crippen LogP contribution in [0.15, 0.2) is 72.8 Å². The fourth-order valence-corrected chi connectivity index (χ4v) is 20.5. The number of hydrogen-bond acceptors (Lipinski definition) is 10. The maximum atomic E-state index is 15.5. The number of amides is 8. The van der Waals surface area contributed by atoms with Crippen molar-refractivity contribution in [3.05, 3.63) is 117 Å². The zero-order valence-electron chi connectivity index (χ0n) is 65.5. The van der Waals surface area contributed by atoms with E-state index in [9.17, 15) is 19.2 Å². The minimum Gasteiger partial charge on any atom is -0.337 e. The van der Waals surface area contributed by atoms with E-state index in [1.54, 1.807) is 24.3 Å². The van der Waals surface area contributed by atoms with Crippen LogP contribution in [0, 0.1) is 0 Å². The van der Waals surface area contributed by atoms with Gasteiger partial charge in [0.1, 0.15) is 0 Å². The molecule has 572 valence electrons. The molecule has 8 amide bonds. The Labute approximate surface area is 647 Å². The maximum absolute atomic E-state index is 15.5. The summed E-state index contributed by atoms with van der Waals surface area (Å²) in [6.07, 6.45) is 39.8. The Morgan fingerprint density at radius 3 is 0.824 bits per heavy atom. The van der Waals surface area contributed by atoms with E-state index < -0.39 is 0 Å². The van der Waals surface area contributed by atoms with Crippen LogP contribution >= 0.6 is 22.7 Å². The first-order valence-electron chi connectivity index (χ1n) is 42.5. The van der Waals surface area contributed by atoms with Crippen molar-refractivity contribution in [2.45, 2.75) is 292 Å². The zero-order chi connectivity index (χ0) is 75.5. The molecule has 6 aromatic carbocycles. The smallest absolute Gasteiger partial charge is 0.262 e. The number of imide groups is 4. The first-order valence-corrected chi connectivity index (χ1v) is 44.1. The lowest BCUT2D eigenvalue weighted by Crippen LogP contribution is -2.44. The number of fused-ring (bicyclic) bond motifs is 9. The van der Waals surface area contributed by atoms with Crippen molar-refractivity contribution in [2.75, 3.05) is 26.2 Å². The number of carbonyl (C=O) groups is 8. The van der Waals surface area contributed by atoms with E-state index in [-0.39, 0.29) is 79.5 Å². The van der Waals surface area contributed by atoms with E-state index in [0.717, 1.165) is 210 Å². The Bertz CT molecular complexity index is 4360. The van der Waals surface area contributed by atoms with Crippen LogP contribution in [-0.4, -0.2) is 97.6 Å². The minimum atomic E-state index is -0.384. The van der Waals surface area contributed by atoms with Crippen LogP contribution in [0.1, 0.15) is 374 Å². The standard InChI is InChI=1S/C93H115N5O8S2/c1-7-13-19-25-31-37-43-63(44-38-32-26-20-14-8-2)98-72-57-61(74-59-70-80-76-66(86(99)94(90(80)103)53-39-33-27-21-15-9-3)49-51-68-78(76)82(84(70)107-74)92(105)96(88(68)101)55-41-35-29-23-17-11-5)45-47-64(72)65-48-46-62(58-73(65)98)75-60-71-81-77-67(87(100)95(91(81)104)54-40-34-28-22-16-10-4)50-52-69-79(77)83(85(71)108-75)93(106)97(89(69)102)56-42-36-30-24-18-12-6/h45-52,57-60,63H,7-44,53-56H2,1-6H3. The van der Waals surface area contributed by atoms with Crippen LogP contribution in [0.4, 0.5) is 0 Å². The Hall–Kier alpha value is -7.88. The molecule has 108 heavy (non-hydrogen) atoms. The Balaban J connectivity index is 0.975. The summed E-state index contributed by atoms with van der Waals surface area (Å²) in [5.41, 5.74) is 6.98. The van der Waals surface area contributed by atoms with Crippen LogP contribution in [0.25, 0.3) is 84.4 Å². The summed E-state index contributed by atoms with van der Waals surface area (Å²) in [5.74, 6) is -3.06. The molecule has 13 nitrogen and oxygen atoms in total. The van der Waals surface area contributed by atoms with Gasteiger partial charge in [0.15, 0.2) is 0 Å². The zero-order valence-corrected chi connectivity index (χ0v) is 67.2. The van der Waals surface area contributed by atoms with Gasteiger partial charge in [-0.25, -0.2) is 0 Å². The fraction of sp³-hybridized carbons (Fsp3) is 0.527. The molecule has 0 fully saturated rings. The van der Waals surface area contributed by atoms with Gasteiger partial charge in [-0.05, 0) is 98.2 Å². The first kappa shape index (κ1) is 78.2. The van der Waals surface area contributed by atoms with Crippen LogP contribution in [0.2, 0.25) is 0 Å². The highest BCUT2D eigenvalue weighted by atomic mass is 32.1. The van der Waals surface area contributed by atoms with E-state index in [0.29, 0.717) is 112 Å². The van der Waals surface area contributed by atoms with Gasteiger partial charge in [0.2, 0.25) is 0 Å². The minimum absolute atomic E-state index is 0.117. The van der Waals surface area contributed by atoms with Crippen LogP contribution < -0.4 is 0 Å². The van der Waals surface area contributed by atoms with Crippen molar-refractivity contribution in [1.29, 1.82) is 0 Å². The van der Waals surface area contributed by atoms with Crippen molar-refractivity contribution in [3.8, 4) is 20.9 Å². The second kappa shape index (κ2) is 36.3. The second-order valence-corrected chi connectivity index (χ2v) is 33.9. The van der Waals surface area contributed by atoms with Gasteiger partial charge < -0.3 is 4.57 Å². The predicted molar refractivity (Wildman–Crippen MR) is 446 cm³/mol. The van der Waals surface area contributed by atoms with E-state index in [2.05, 4.69) is 94.6 Å². The monoisotopic (exact) mass is 1490 g/mol. The maximum Gasteiger partial charge on any atom is 0.262 e. The summed E-state index contributed by atoms with van der Waals surface area (Å²) in [5, 5.41) is 5.09.